The van der Waals surface area contributed by atoms with Crippen molar-refractivity contribution in [3.63, 3.8) is 0 Å². The Hall–Kier alpha value is -2.49. The Kier molecular flexibility index (Phi) is 5.04. The van der Waals surface area contributed by atoms with Gasteiger partial charge in [-0.1, -0.05) is 24.3 Å². The SMILES string of the molecule is COc1cccc([13CH2]C2COC(=O)C2[13CH2]c2cccc(OC)c2)c1. The van der Waals surface area contributed by atoms with E-state index in [2.05, 4.69) is 6.07 Å². The van der Waals surface area contributed by atoms with Crippen molar-refractivity contribution in [2.45, 2.75) is 12.8 Å². The van der Waals surface area contributed by atoms with Gasteiger partial charge in [-0.15, -0.1) is 0 Å². The maximum atomic E-state index is 12.2. The Morgan fingerprint density at radius 2 is 1.54 bits per heavy atom. The van der Waals surface area contributed by atoms with Gasteiger partial charge in [0.25, 0.3) is 0 Å². The van der Waals surface area contributed by atoms with E-state index in [1.807, 2.05) is 42.5 Å². The van der Waals surface area contributed by atoms with Crippen molar-refractivity contribution in [3.8, 4) is 11.5 Å². The van der Waals surface area contributed by atoms with Crippen LogP contribution in [0.15, 0.2) is 48.5 Å². The summed E-state index contributed by atoms with van der Waals surface area (Å²) in [4.78, 5) is 12.2. The molecule has 4 heteroatoms. The third-order valence-corrected chi connectivity index (χ3v) is 4.53. The molecule has 0 bridgehead atoms. The van der Waals surface area contributed by atoms with Gasteiger partial charge in [0.05, 0.1) is 26.7 Å². The van der Waals surface area contributed by atoms with Gasteiger partial charge in [0, 0.05) is 5.92 Å². The Bertz CT molecular complexity index is 710. The number of methoxy groups -OCH3 is 2. The van der Waals surface area contributed by atoms with Crippen LogP contribution >= 0.6 is 0 Å². The maximum Gasteiger partial charge on any atom is 0.309 e. The number of benzene rings is 2. The summed E-state index contributed by atoms with van der Waals surface area (Å²) >= 11 is 0. The molecule has 2 aromatic carbocycles. The van der Waals surface area contributed by atoms with Crippen LogP contribution in [0.1, 0.15) is 11.1 Å². The number of ether oxygens (including phenoxy) is 3. The van der Waals surface area contributed by atoms with Gasteiger partial charge in [0.2, 0.25) is 0 Å². The lowest BCUT2D eigenvalue weighted by atomic mass is 10.0. The van der Waals surface area contributed by atoms with E-state index in [0.717, 1.165) is 29.0 Å². The smallest absolute Gasteiger partial charge is 0.309 e. The first kappa shape index (κ1) is 16.4. The normalized spacial score (nSPS) is 19.8. The van der Waals surface area contributed by atoms with Crippen LogP contribution in [0.2, 0.25) is 0 Å². The zero-order valence-electron chi connectivity index (χ0n) is 14.0. The second-order valence-corrected chi connectivity index (χ2v) is 6.11. The lowest BCUT2D eigenvalue weighted by molar-refractivity contribution is -0.141. The molecular formula is C20H22O4. The number of hydrogen-bond donors (Lipinski definition) is 0. The lowest BCUT2D eigenvalue weighted by Crippen LogP contribution is -2.20. The van der Waals surface area contributed by atoms with Crippen LogP contribution in [0.5, 0.6) is 11.5 Å². The van der Waals surface area contributed by atoms with Crippen LogP contribution in [0, 0.1) is 11.8 Å². The standard InChI is InChI=1S/C20H22O4/c1-22-17-7-3-5-14(10-17)9-16-13-24-20(21)19(16)12-15-6-4-8-18(11-15)23-2/h3-8,10-11,16,19H,9,12-13H2,1-2H3/i9+1,12+1. The van der Waals surface area contributed by atoms with Crippen LogP contribution in [0.25, 0.3) is 0 Å². The first-order valence-electron chi connectivity index (χ1n) is 8.12. The van der Waals surface area contributed by atoms with E-state index in [9.17, 15) is 4.79 Å². The summed E-state index contributed by atoms with van der Waals surface area (Å²) in [5.41, 5.74) is 2.25. The van der Waals surface area contributed by atoms with Crippen molar-refractivity contribution in [1.82, 2.24) is 0 Å². The van der Waals surface area contributed by atoms with Gasteiger partial charge in [-0.25, -0.2) is 0 Å². The number of esters is 1. The van der Waals surface area contributed by atoms with Crippen molar-refractivity contribution in [1.29, 1.82) is 0 Å². The topological polar surface area (TPSA) is 44.8 Å². The summed E-state index contributed by atoms with van der Waals surface area (Å²) in [6.07, 6.45) is 1.47. The summed E-state index contributed by atoms with van der Waals surface area (Å²) < 4.78 is 15.9. The Morgan fingerprint density at radius 1 is 0.958 bits per heavy atom. The molecule has 0 aromatic heterocycles. The molecule has 0 amide bonds. The molecule has 1 fully saturated rings. The zero-order valence-corrected chi connectivity index (χ0v) is 14.0. The van der Waals surface area contributed by atoms with Crippen LogP contribution in [-0.2, 0) is 22.4 Å². The molecule has 4 nitrogen and oxygen atoms in total. The van der Waals surface area contributed by atoms with E-state index < -0.39 is 0 Å². The minimum absolute atomic E-state index is 0.106. The molecule has 0 spiro atoms. The highest BCUT2D eigenvalue weighted by Crippen LogP contribution is 2.30. The predicted molar refractivity (Wildman–Crippen MR) is 91.3 cm³/mol. The lowest BCUT2D eigenvalue weighted by Gasteiger charge is -2.16. The number of hydrogen-bond acceptors (Lipinski definition) is 4. The van der Waals surface area contributed by atoms with Gasteiger partial charge in [0.15, 0.2) is 0 Å². The van der Waals surface area contributed by atoms with Crippen LogP contribution in [0.4, 0.5) is 0 Å². The molecule has 1 aliphatic rings. The monoisotopic (exact) mass is 328 g/mol. The maximum absolute atomic E-state index is 12.2. The van der Waals surface area contributed by atoms with Crippen molar-refractivity contribution in [2.24, 2.45) is 11.8 Å². The van der Waals surface area contributed by atoms with Crippen molar-refractivity contribution in [2.75, 3.05) is 20.8 Å². The Balaban J connectivity index is 1.73. The fraction of sp³-hybridized carbons (Fsp3) is 0.350. The molecule has 0 N–H and O–H groups in total. The predicted octanol–water partition coefficient (Wildman–Crippen LogP) is 3.28. The highest BCUT2D eigenvalue weighted by Gasteiger charge is 2.36. The fourth-order valence-corrected chi connectivity index (χ4v) is 3.21. The van der Waals surface area contributed by atoms with Crippen molar-refractivity contribution >= 4 is 5.97 Å². The molecule has 2 unspecified atom stereocenters. The Labute approximate surface area is 142 Å². The average Bonchev–Trinajstić information content (AvgIpc) is 2.95. The zero-order chi connectivity index (χ0) is 16.9. The highest BCUT2D eigenvalue weighted by atomic mass is 16.5. The molecule has 2 aromatic rings. The summed E-state index contributed by atoms with van der Waals surface area (Å²) in [7, 11) is 3.31. The van der Waals surface area contributed by atoms with Crippen molar-refractivity contribution in [3.05, 3.63) is 59.7 Å². The van der Waals surface area contributed by atoms with Crippen LogP contribution in [-0.4, -0.2) is 26.8 Å². The first-order valence-corrected chi connectivity index (χ1v) is 8.12. The largest absolute Gasteiger partial charge is 0.497 e. The molecule has 3 rings (SSSR count). The molecule has 24 heavy (non-hydrogen) atoms. The average molecular weight is 328 g/mol. The highest BCUT2D eigenvalue weighted by molar-refractivity contribution is 5.75. The minimum atomic E-state index is -0.122. The summed E-state index contributed by atoms with van der Waals surface area (Å²) in [6, 6.07) is 15.8. The summed E-state index contributed by atoms with van der Waals surface area (Å²) in [6.45, 7) is 0.477. The third kappa shape index (κ3) is 3.70. The molecule has 0 radical (unpaired) electrons. The van der Waals surface area contributed by atoms with E-state index in [1.165, 1.54) is 0 Å². The van der Waals surface area contributed by atoms with Gasteiger partial charge < -0.3 is 14.2 Å². The molecule has 0 saturated carbocycles. The second-order valence-electron chi connectivity index (χ2n) is 6.11. The third-order valence-electron chi connectivity index (χ3n) is 4.53. The quantitative estimate of drug-likeness (QED) is 0.603. The summed E-state index contributed by atoms with van der Waals surface area (Å²) in [5, 5.41) is 0. The fourth-order valence-electron chi connectivity index (χ4n) is 3.21. The molecular weight excluding hydrogens is 306 g/mol. The van der Waals surface area contributed by atoms with Crippen LogP contribution < -0.4 is 9.47 Å². The van der Waals surface area contributed by atoms with E-state index in [1.54, 1.807) is 14.2 Å². The van der Waals surface area contributed by atoms with E-state index in [-0.39, 0.29) is 17.8 Å². The number of cyclic esters (lactones) is 1. The van der Waals surface area contributed by atoms with E-state index in [4.69, 9.17) is 14.2 Å². The van der Waals surface area contributed by atoms with Gasteiger partial charge >= 0.3 is 5.97 Å². The molecule has 2 atom stereocenters. The first-order chi connectivity index (χ1) is 11.7. The van der Waals surface area contributed by atoms with Crippen LogP contribution in [0.3, 0.4) is 0 Å². The minimum Gasteiger partial charge on any atom is -0.497 e. The molecule has 126 valence electrons. The van der Waals surface area contributed by atoms with Gasteiger partial charge in [-0.05, 0) is 48.2 Å². The van der Waals surface area contributed by atoms with E-state index >= 15 is 0 Å². The van der Waals surface area contributed by atoms with Crippen molar-refractivity contribution < 1.29 is 19.0 Å². The molecule has 1 heterocycles. The Morgan fingerprint density at radius 3 is 2.12 bits per heavy atom. The summed E-state index contributed by atoms with van der Waals surface area (Å²) in [5.74, 6) is 1.59. The number of rotatable bonds is 6. The molecule has 1 saturated heterocycles. The van der Waals surface area contributed by atoms with Gasteiger partial charge in [-0.2, -0.15) is 0 Å². The number of carbonyl (C=O) groups excluding carboxylic acids is 1. The van der Waals surface area contributed by atoms with Gasteiger partial charge in [0.1, 0.15) is 11.5 Å². The number of carbonyl (C=O) groups is 1. The molecule has 0 aliphatic carbocycles. The second kappa shape index (κ2) is 7.39. The van der Waals surface area contributed by atoms with Gasteiger partial charge in [-0.3, -0.25) is 4.79 Å². The molecule has 1 aliphatic heterocycles. The van der Waals surface area contributed by atoms with E-state index in [0.29, 0.717) is 13.0 Å².